The third kappa shape index (κ3) is 3.85. The van der Waals surface area contributed by atoms with Crippen molar-refractivity contribution in [3.63, 3.8) is 0 Å². The minimum atomic E-state index is -0.292. The molecule has 1 aliphatic heterocycles. The number of halogens is 1. The Kier molecular flexibility index (Phi) is 5.21. The van der Waals surface area contributed by atoms with Crippen LogP contribution in [-0.2, 0) is 4.79 Å². The number of carbonyl (C=O) groups excluding carboxylic acids is 2. The van der Waals surface area contributed by atoms with Gasteiger partial charge in [-0.1, -0.05) is 12.1 Å². The molecule has 26 heavy (non-hydrogen) atoms. The molecule has 0 spiro atoms. The number of carbonyl (C=O) groups is 2. The zero-order chi connectivity index (χ0) is 18.7. The fraction of sp³-hybridized carbons (Fsp3) is 0.300. The molecule has 0 aliphatic carbocycles. The lowest BCUT2D eigenvalue weighted by Crippen LogP contribution is -2.34. The fourth-order valence-corrected chi connectivity index (χ4v) is 3.22. The number of hydrogen-bond acceptors (Lipinski definition) is 2. The molecule has 1 saturated heterocycles. The normalized spacial score (nSPS) is 16.4. The summed E-state index contributed by atoms with van der Waals surface area (Å²) in [5.74, 6) is -0.350. The van der Waals surface area contributed by atoms with Gasteiger partial charge >= 0.3 is 6.03 Å². The highest BCUT2D eigenvalue weighted by Gasteiger charge is 2.30. The molecule has 2 aromatic carbocycles. The Morgan fingerprint density at radius 1 is 1.19 bits per heavy atom. The van der Waals surface area contributed by atoms with Crippen LogP contribution in [0.3, 0.4) is 0 Å². The van der Waals surface area contributed by atoms with E-state index in [0.717, 1.165) is 24.1 Å². The van der Waals surface area contributed by atoms with Gasteiger partial charge in [-0.3, -0.25) is 4.79 Å². The van der Waals surface area contributed by atoms with Crippen molar-refractivity contribution in [2.75, 3.05) is 23.8 Å². The van der Waals surface area contributed by atoms with Gasteiger partial charge in [0.25, 0.3) is 0 Å². The number of benzene rings is 2. The Bertz CT molecular complexity index is 807. The topological polar surface area (TPSA) is 52.7 Å². The van der Waals surface area contributed by atoms with E-state index in [1.165, 1.54) is 24.0 Å². The minimum absolute atomic E-state index is 0.0585. The van der Waals surface area contributed by atoms with Crippen LogP contribution in [0.25, 0.3) is 0 Å². The molecule has 2 aromatic rings. The summed E-state index contributed by atoms with van der Waals surface area (Å²) in [6, 6.07) is 13.2. The summed E-state index contributed by atoms with van der Waals surface area (Å²) < 4.78 is 13.5. The first-order chi connectivity index (χ1) is 12.5. The molecule has 1 fully saturated rings. The number of likely N-dealkylation sites (tertiary alicyclic amines) is 1. The Balaban J connectivity index is 1.70. The van der Waals surface area contributed by atoms with Crippen molar-refractivity contribution in [1.82, 2.24) is 4.90 Å². The first kappa shape index (κ1) is 17.9. The van der Waals surface area contributed by atoms with E-state index in [1.54, 1.807) is 42.3 Å². The van der Waals surface area contributed by atoms with Gasteiger partial charge in [0.1, 0.15) is 5.82 Å². The molecular weight excluding hydrogens is 333 g/mol. The monoisotopic (exact) mass is 355 g/mol. The summed E-state index contributed by atoms with van der Waals surface area (Å²) in [6.07, 6.45) is 1.70. The van der Waals surface area contributed by atoms with E-state index in [0.29, 0.717) is 12.2 Å². The number of amides is 3. The van der Waals surface area contributed by atoms with Crippen LogP contribution < -0.4 is 10.2 Å². The summed E-state index contributed by atoms with van der Waals surface area (Å²) in [4.78, 5) is 27.3. The summed E-state index contributed by atoms with van der Waals surface area (Å²) in [6.45, 7) is 2.13. The number of nitrogens with zero attached hydrogens (tertiary/aromatic N) is 2. The van der Waals surface area contributed by atoms with Gasteiger partial charge in [-0.25, -0.2) is 9.18 Å². The van der Waals surface area contributed by atoms with Crippen molar-refractivity contribution in [3.05, 3.63) is 59.9 Å². The van der Waals surface area contributed by atoms with Crippen LogP contribution in [0.2, 0.25) is 0 Å². The number of nitrogens with one attached hydrogen (secondary N) is 1. The molecule has 1 aliphatic rings. The SMILES string of the molecule is CC(=O)N(C)c1ccc(NC(=O)N2CCCC2c2cccc(F)c2)cc1. The molecular formula is C20H22FN3O2. The van der Waals surface area contributed by atoms with Crippen LogP contribution in [0.4, 0.5) is 20.6 Å². The lowest BCUT2D eigenvalue weighted by atomic mass is 10.0. The summed E-state index contributed by atoms with van der Waals surface area (Å²) in [5, 5.41) is 2.88. The molecule has 3 amide bonds. The quantitative estimate of drug-likeness (QED) is 0.898. The van der Waals surface area contributed by atoms with Crippen molar-refractivity contribution < 1.29 is 14.0 Å². The molecule has 3 rings (SSSR count). The zero-order valence-corrected chi connectivity index (χ0v) is 14.9. The van der Waals surface area contributed by atoms with Crippen LogP contribution in [0.1, 0.15) is 31.4 Å². The third-order valence-electron chi connectivity index (χ3n) is 4.73. The number of anilines is 2. The molecule has 0 radical (unpaired) electrons. The molecule has 0 saturated carbocycles. The number of urea groups is 1. The van der Waals surface area contributed by atoms with Gasteiger partial charge in [-0.2, -0.15) is 0 Å². The average molecular weight is 355 g/mol. The fourth-order valence-electron chi connectivity index (χ4n) is 3.22. The minimum Gasteiger partial charge on any atom is -0.317 e. The van der Waals surface area contributed by atoms with Gasteiger partial charge in [0.05, 0.1) is 6.04 Å². The molecule has 1 unspecified atom stereocenters. The van der Waals surface area contributed by atoms with Crippen molar-refractivity contribution in [1.29, 1.82) is 0 Å². The first-order valence-corrected chi connectivity index (χ1v) is 8.63. The first-order valence-electron chi connectivity index (χ1n) is 8.63. The van der Waals surface area contributed by atoms with Crippen molar-refractivity contribution >= 4 is 23.3 Å². The van der Waals surface area contributed by atoms with Gasteiger partial charge in [0, 0.05) is 31.9 Å². The highest BCUT2D eigenvalue weighted by atomic mass is 19.1. The Morgan fingerprint density at radius 3 is 2.58 bits per heavy atom. The Labute approximate surface area is 152 Å². The van der Waals surface area contributed by atoms with E-state index in [9.17, 15) is 14.0 Å². The van der Waals surface area contributed by atoms with E-state index in [1.807, 2.05) is 6.07 Å². The van der Waals surface area contributed by atoms with Crippen molar-refractivity contribution in [3.8, 4) is 0 Å². The van der Waals surface area contributed by atoms with Crippen LogP contribution in [0.15, 0.2) is 48.5 Å². The second kappa shape index (κ2) is 7.56. The smallest absolute Gasteiger partial charge is 0.317 e. The summed E-state index contributed by atoms with van der Waals surface area (Å²) >= 11 is 0. The Hall–Kier alpha value is -2.89. The number of rotatable bonds is 3. The van der Waals surface area contributed by atoms with E-state index in [4.69, 9.17) is 0 Å². The van der Waals surface area contributed by atoms with Gasteiger partial charge < -0.3 is 15.1 Å². The second-order valence-corrected chi connectivity index (χ2v) is 6.46. The van der Waals surface area contributed by atoms with Gasteiger partial charge in [0.15, 0.2) is 0 Å². The lowest BCUT2D eigenvalue weighted by molar-refractivity contribution is -0.116. The largest absolute Gasteiger partial charge is 0.322 e. The molecule has 5 nitrogen and oxygen atoms in total. The van der Waals surface area contributed by atoms with Gasteiger partial charge in [0.2, 0.25) is 5.91 Å². The number of hydrogen-bond donors (Lipinski definition) is 1. The van der Waals surface area contributed by atoms with E-state index >= 15 is 0 Å². The zero-order valence-electron chi connectivity index (χ0n) is 14.9. The molecule has 1 N–H and O–H groups in total. The van der Waals surface area contributed by atoms with Crippen LogP contribution in [0, 0.1) is 5.82 Å². The maximum atomic E-state index is 13.5. The molecule has 1 atom stereocenters. The maximum absolute atomic E-state index is 13.5. The van der Waals surface area contributed by atoms with Crippen LogP contribution in [-0.4, -0.2) is 30.4 Å². The van der Waals surface area contributed by atoms with E-state index in [-0.39, 0.29) is 23.8 Å². The van der Waals surface area contributed by atoms with E-state index in [2.05, 4.69) is 5.32 Å². The molecule has 0 aromatic heterocycles. The summed E-state index contributed by atoms with van der Waals surface area (Å²) in [7, 11) is 1.70. The molecule has 6 heteroatoms. The van der Waals surface area contributed by atoms with Crippen molar-refractivity contribution in [2.45, 2.75) is 25.8 Å². The van der Waals surface area contributed by atoms with Gasteiger partial charge in [-0.15, -0.1) is 0 Å². The maximum Gasteiger partial charge on any atom is 0.322 e. The van der Waals surface area contributed by atoms with Crippen LogP contribution >= 0.6 is 0 Å². The van der Waals surface area contributed by atoms with Crippen LogP contribution in [0.5, 0.6) is 0 Å². The summed E-state index contributed by atoms with van der Waals surface area (Å²) in [5.41, 5.74) is 2.23. The van der Waals surface area contributed by atoms with E-state index < -0.39 is 0 Å². The van der Waals surface area contributed by atoms with Gasteiger partial charge in [-0.05, 0) is 54.8 Å². The Morgan fingerprint density at radius 2 is 1.92 bits per heavy atom. The molecule has 136 valence electrons. The predicted molar refractivity (Wildman–Crippen MR) is 99.6 cm³/mol. The standard InChI is InChI=1S/C20H22FN3O2/c1-14(25)23(2)18-10-8-17(9-11-18)22-20(26)24-12-4-7-19(24)15-5-3-6-16(21)13-15/h3,5-6,8-11,13,19H,4,7,12H2,1-2H3,(H,22,26). The molecule has 1 heterocycles. The predicted octanol–water partition coefficient (Wildman–Crippen LogP) is 4.18. The van der Waals surface area contributed by atoms with Crippen molar-refractivity contribution in [2.24, 2.45) is 0 Å². The second-order valence-electron chi connectivity index (χ2n) is 6.46. The average Bonchev–Trinajstić information content (AvgIpc) is 3.11. The molecule has 0 bridgehead atoms. The third-order valence-corrected chi connectivity index (χ3v) is 4.73. The highest BCUT2D eigenvalue weighted by Crippen LogP contribution is 2.32. The highest BCUT2D eigenvalue weighted by molar-refractivity contribution is 5.92. The lowest BCUT2D eigenvalue weighted by Gasteiger charge is -2.25.